The molecular formula is C10H18N6O8S2. The quantitative estimate of drug-likeness (QED) is 0.130. The van der Waals surface area contributed by atoms with Crippen molar-refractivity contribution < 1.29 is 35.3 Å². The number of piperidine rings is 1. The molecular weight excluding hydrogens is 396 g/mol. The van der Waals surface area contributed by atoms with Gasteiger partial charge in [0.15, 0.2) is 0 Å². The summed E-state index contributed by atoms with van der Waals surface area (Å²) in [6.07, 6.45) is 0.403. The van der Waals surface area contributed by atoms with Crippen LogP contribution < -0.4 is 14.8 Å². The van der Waals surface area contributed by atoms with Crippen LogP contribution in [0.3, 0.4) is 0 Å². The highest BCUT2D eigenvalue weighted by Gasteiger charge is 2.48. The van der Waals surface area contributed by atoms with Gasteiger partial charge in [-0.25, -0.2) is 4.79 Å². The number of carbonyl (C=O) groups excluding carboxylic acids is 2. The van der Waals surface area contributed by atoms with Gasteiger partial charge in [-0.3, -0.25) is 19.5 Å². The third kappa shape index (κ3) is 5.01. The number of rotatable bonds is 7. The van der Waals surface area contributed by atoms with Gasteiger partial charge in [0.2, 0.25) is 5.91 Å². The smallest absolute Gasteiger partial charge is 0.343 e. The summed E-state index contributed by atoms with van der Waals surface area (Å²) in [6, 6.07) is -2.51. The SMILES string of the molecule is CC(=O)NCNS(=O)(=O)NC(=N)[C@@H]1CC[C@@H]2CN1C(=O)N2OS(=O)(=O)O. The molecule has 2 aliphatic rings. The molecule has 0 radical (unpaired) electrons. The number of hydrogen-bond acceptors (Lipinski definition) is 8. The molecule has 2 aliphatic heterocycles. The van der Waals surface area contributed by atoms with E-state index < -0.39 is 50.5 Å². The second kappa shape index (κ2) is 7.31. The van der Waals surface area contributed by atoms with Crippen molar-refractivity contribution in [2.45, 2.75) is 31.8 Å². The number of urea groups is 1. The number of nitrogens with one attached hydrogen (secondary N) is 4. The summed E-state index contributed by atoms with van der Waals surface area (Å²) in [6.45, 7) is 0.813. The number of nitrogens with zero attached hydrogens (tertiary/aromatic N) is 2. The summed E-state index contributed by atoms with van der Waals surface area (Å²) in [4.78, 5) is 24.0. The Morgan fingerprint density at radius 1 is 1.35 bits per heavy atom. The first-order chi connectivity index (χ1) is 11.9. The van der Waals surface area contributed by atoms with Crippen molar-refractivity contribution in [2.75, 3.05) is 13.2 Å². The molecule has 2 saturated heterocycles. The van der Waals surface area contributed by atoms with E-state index >= 15 is 0 Å². The maximum absolute atomic E-state index is 12.2. The number of amidine groups is 1. The van der Waals surface area contributed by atoms with Gasteiger partial charge in [0.25, 0.3) is 0 Å². The van der Waals surface area contributed by atoms with E-state index in [0.717, 1.165) is 4.90 Å². The van der Waals surface area contributed by atoms with Gasteiger partial charge in [0.1, 0.15) is 5.84 Å². The molecule has 16 heteroatoms. The van der Waals surface area contributed by atoms with E-state index in [4.69, 9.17) is 9.96 Å². The van der Waals surface area contributed by atoms with Gasteiger partial charge in [0, 0.05) is 13.5 Å². The van der Waals surface area contributed by atoms with Crippen LogP contribution in [0.25, 0.3) is 0 Å². The lowest BCUT2D eigenvalue weighted by molar-refractivity contribution is -0.118. The van der Waals surface area contributed by atoms with E-state index in [1.54, 1.807) is 0 Å². The number of fused-ring (bicyclic) bond motifs is 2. The highest BCUT2D eigenvalue weighted by molar-refractivity contribution is 7.88. The van der Waals surface area contributed by atoms with Gasteiger partial charge in [-0.15, -0.1) is 4.28 Å². The number of hydrogen-bond donors (Lipinski definition) is 5. The van der Waals surface area contributed by atoms with E-state index in [-0.39, 0.29) is 26.1 Å². The summed E-state index contributed by atoms with van der Waals surface area (Å²) in [5, 5.41) is 10.6. The minimum absolute atomic E-state index is 0.00243. The molecule has 0 saturated carbocycles. The topological polar surface area (TPSA) is 198 Å². The van der Waals surface area contributed by atoms with Gasteiger partial charge in [-0.1, -0.05) is 0 Å². The van der Waals surface area contributed by atoms with Crippen LogP contribution >= 0.6 is 0 Å². The molecule has 3 amide bonds. The van der Waals surface area contributed by atoms with Crippen molar-refractivity contribution in [1.82, 2.24) is 24.7 Å². The van der Waals surface area contributed by atoms with Crippen molar-refractivity contribution in [3.8, 4) is 0 Å². The Balaban J connectivity index is 2.01. The largest absolute Gasteiger partial charge is 0.418 e. The minimum Gasteiger partial charge on any atom is -0.343 e. The van der Waals surface area contributed by atoms with Gasteiger partial charge in [0.05, 0.1) is 18.8 Å². The molecule has 2 fully saturated rings. The lowest BCUT2D eigenvalue weighted by Crippen LogP contribution is -2.53. The lowest BCUT2D eigenvalue weighted by atomic mass is 10.0. The fourth-order valence-electron chi connectivity index (χ4n) is 2.64. The zero-order chi connectivity index (χ0) is 19.7. The Hall–Kier alpha value is -2.01. The highest BCUT2D eigenvalue weighted by Crippen LogP contribution is 2.30. The summed E-state index contributed by atoms with van der Waals surface area (Å²) >= 11 is 0. The molecule has 0 aliphatic carbocycles. The third-order valence-corrected chi connectivity index (χ3v) is 5.04. The normalized spacial score (nSPS) is 23.1. The van der Waals surface area contributed by atoms with Crippen molar-refractivity contribution in [3.63, 3.8) is 0 Å². The first-order valence-corrected chi connectivity index (χ1v) is 10.1. The standard InChI is InChI=1S/C10H18N6O8S2/c1-6(17)12-5-13-25(19,20)14-9(11)8-3-2-7-4-15(8)10(18)16(7)24-26(21,22)23/h7-8,13H,2-5H2,1H3,(H2,11,14)(H,12,17)(H,21,22,23)/t7-,8+/m1/s1. The molecule has 0 aromatic carbocycles. The number of amides is 3. The summed E-state index contributed by atoms with van der Waals surface area (Å²) in [5.41, 5.74) is 0. The van der Waals surface area contributed by atoms with Gasteiger partial charge < -0.3 is 10.2 Å². The van der Waals surface area contributed by atoms with Crippen LogP contribution in [-0.2, 0) is 29.7 Å². The average Bonchev–Trinajstić information content (AvgIpc) is 2.69. The molecule has 2 heterocycles. The number of carbonyl (C=O) groups is 2. The molecule has 2 bridgehead atoms. The molecule has 5 N–H and O–H groups in total. The monoisotopic (exact) mass is 414 g/mol. The molecule has 14 nitrogen and oxygen atoms in total. The van der Waals surface area contributed by atoms with Crippen LogP contribution in [0.2, 0.25) is 0 Å². The fraction of sp³-hybridized carbons (Fsp3) is 0.700. The Kier molecular flexibility index (Phi) is 5.71. The van der Waals surface area contributed by atoms with Gasteiger partial charge in [-0.2, -0.15) is 26.6 Å². The summed E-state index contributed by atoms with van der Waals surface area (Å²) in [5.74, 6) is -0.969. The molecule has 0 aromatic heterocycles. The first kappa shape index (κ1) is 20.3. The zero-order valence-electron chi connectivity index (χ0n) is 13.5. The predicted molar refractivity (Wildman–Crippen MR) is 85.0 cm³/mol. The van der Waals surface area contributed by atoms with E-state index in [2.05, 4.69) is 9.60 Å². The Bertz CT molecular complexity index is 811. The molecule has 0 unspecified atom stereocenters. The van der Waals surface area contributed by atoms with E-state index in [1.807, 2.05) is 9.44 Å². The Labute approximate surface area is 149 Å². The van der Waals surface area contributed by atoms with Crippen LogP contribution in [0.5, 0.6) is 0 Å². The number of hydroxylamine groups is 2. The zero-order valence-corrected chi connectivity index (χ0v) is 15.1. The molecule has 26 heavy (non-hydrogen) atoms. The Morgan fingerprint density at radius 2 is 2.00 bits per heavy atom. The molecule has 2 rings (SSSR count). The summed E-state index contributed by atoms with van der Waals surface area (Å²) in [7, 11) is -9.06. The van der Waals surface area contributed by atoms with Crippen LogP contribution in [0, 0.1) is 5.41 Å². The fourth-order valence-corrected chi connectivity index (χ4v) is 3.78. The van der Waals surface area contributed by atoms with E-state index in [9.17, 15) is 26.4 Å². The minimum atomic E-state index is -4.89. The molecule has 0 aromatic rings. The molecule has 148 valence electrons. The summed E-state index contributed by atoms with van der Waals surface area (Å²) < 4.78 is 62.2. The van der Waals surface area contributed by atoms with Crippen LogP contribution in [0.1, 0.15) is 19.8 Å². The molecule has 2 atom stereocenters. The third-order valence-electron chi connectivity index (χ3n) is 3.67. The van der Waals surface area contributed by atoms with Crippen LogP contribution in [0.15, 0.2) is 0 Å². The lowest BCUT2D eigenvalue weighted by Gasteiger charge is -2.30. The van der Waals surface area contributed by atoms with Crippen molar-refractivity contribution >= 4 is 38.4 Å². The second-order valence-corrected chi connectivity index (χ2v) is 8.09. The average molecular weight is 414 g/mol. The maximum Gasteiger partial charge on any atom is 0.418 e. The van der Waals surface area contributed by atoms with Gasteiger partial charge in [-0.05, 0) is 12.8 Å². The van der Waals surface area contributed by atoms with Crippen molar-refractivity contribution in [2.24, 2.45) is 0 Å². The van der Waals surface area contributed by atoms with E-state index in [0.29, 0.717) is 5.06 Å². The van der Waals surface area contributed by atoms with Crippen molar-refractivity contribution in [1.29, 1.82) is 5.41 Å². The predicted octanol–water partition coefficient (Wildman–Crippen LogP) is -2.52. The highest BCUT2D eigenvalue weighted by atomic mass is 32.3. The second-order valence-electron chi connectivity index (χ2n) is 5.58. The maximum atomic E-state index is 12.2. The van der Waals surface area contributed by atoms with Crippen LogP contribution in [-0.4, -0.2) is 74.4 Å². The van der Waals surface area contributed by atoms with E-state index in [1.165, 1.54) is 6.92 Å². The molecule has 0 spiro atoms. The van der Waals surface area contributed by atoms with Crippen molar-refractivity contribution in [3.05, 3.63) is 0 Å². The Morgan fingerprint density at radius 3 is 2.58 bits per heavy atom. The van der Waals surface area contributed by atoms with Gasteiger partial charge >= 0.3 is 26.6 Å². The van der Waals surface area contributed by atoms with Crippen LogP contribution in [0.4, 0.5) is 4.79 Å². The first-order valence-electron chi connectivity index (χ1n) is 7.27.